The van der Waals surface area contributed by atoms with E-state index in [2.05, 4.69) is 10.3 Å². The number of aryl methyl sites for hydroxylation is 1. The molecule has 2 fully saturated rings. The number of carbonyl (C=O) groups excluding carboxylic acids is 2. The second kappa shape index (κ2) is 7.99. The summed E-state index contributed by atoms with van der Waals surface area (Å²) in [6.45, 7) is 3.01. The van der Waals surface area contributed by atoms with Crippen LogP contribution < -0.4 is 10.1 Å². The van der Waals surface area contributed by atoms with Gasteiger partial charge in [0.25, 0.3) is 11.8 Å². The number of ether oxygens (including phenoxy) is 1. The predicted octanol–water partition coefficient (Wildman–Crippen LogP) is 4.09. The highest BCUT2D eigenvalue weighted by Gasteiger charge is 2.54. The number of nitrogens with one attached hydrogen (secondary N) is 1. The van der Waals surface area contributed by atoms with Crippen molar-refractivity contribution < 1.29 is 14.3 Å². The zero-order valence-electron chi connectivity index (χ0n) is 18.4. The molecule has 6 nitrogen and oxygen atoms in total. The number of hydrogen-bond acceptors (Lipinski definition) is 5. The molecule has 3 aliphatic rings. The summed E-state index contributed by atoms with van der Waals surface area (Å²) in [4.78, 5) is 34.2. The molecule has 1 aromatic heterocycles. The van der Waals surface area contributed by atoms with E-state index in [4.69, 9.17) is 4.74 Å². The first kappa shape index (κ1) is 20.4. The van der Waals surface area contributed by atoms with Gasteiger partial charge in [0, 0.05) is 30.1 Å². The Morgan fingerprint density at radius 3 is 2.85 bits per heavy atom. The number of carbonyl (C=O) groups is 2. The predicted molar refractivity (Wildman–Crippen MR) is 127 cm³/mol. The van der Waals surface area contributed by atoms with Gasteiger partial charge in [0.05, 0.1) is 22.5 Å². The van der Waals surface area contributed by atoms with Gasteiger partial charge in [-0.3, -0.25) is 9.59 Å². The Morgan fingerprint density at radius 2 is 2.00 bits per heavy atom. The molecule has 2 aliphatic heterocycles. The highest BCUT2D eigenvalue weighted by atomic mass is 32.1. The molecular formula is C26H25N3O3S. The van der Waals surface area contributed by atoms with Crippen molar-refractivity contribution in [2.24, 2.45) is 5.92 Å². The van der Waals surface area contributed by atoms with Gasteiger partial charge < -0.3 is 15.0 Å². The van der Waals surface area contributed by atoms with Gasteiger partial charge in [0.15, 0.2) is 0 Å². The summed E-state index contributed by atoms with van der Waals surface area (Å²) in [6, 6.07) is 15.8. The Hall–Kier alpha value is -3.19. The fourth-order valence-corrected chi connectivity index (χ4v) is 6.19. The van der Waals surface area contributed by atoms with E-state index in [0.717, 1.165) is 46.0 Å². The maximum absolute atomic E-state index is 13.7. The van der Waals surface area contributed by atoms with Crippen molar-refractivity contribution in [3.8, 4) is 16.2 Å². The van der Waals surface area contributed by atoms with E-state index in [-0.39, 0.29) is 23.9 Å². The second-order valence-corrected chi connectivity index (χ2v) is 10.2. The number of benzene rings is 2. The first-order valence-corrected chi connectivity index (χ1v) is 12.3. The van der Waals surface area contributed by atoms with E-state index in [0.29, 0.717) is 30.3 Å². The number of likely N-dealkylation sites (tertiary alicyclic amines) is 1. The summed E-state index contributed by atoms with van der Waals surface area (Å²) in [6.07, 6.45) is 2.72. The molecule has 33 heavy (non-hydrogen) atoms. The van der Waals surface area contributed by atoms with Crippen LogP contribution in [0.5, 0.6) is 5.75 Å². The summed E-state index contributed by atoms with van der Waals surface area (Å²) in [5.41, 5.74) is 3.20. The molecule has 1 saturated carbocycles. The van der Waals surface area contributed by atoms with Crippen molar-refractivity contribution in [3.63, 3.8) is 0 Å². The highest BCUT2D eigenvalue weighted by molar-refractivity contribution is 7.15. The molecule has 7 heteroatoms. The quantitative estimate of drug-likeness (QED) is 0.624. The molecule has 1 aliphatic carbocycles. The van der Waals surface area contributed by atoms with Crippen LogP contribution in [0.4, 0.5) is 0 Å². The highest BCUT2D eigenvalue weighted by Crippen LogP contribution is 2.48. The van der Waals surface area contributed by atoms with Gasteiger partial charge in [-0.15, -0.1) is 11.3 Å². The maximum atomic E-state index is 13.7. The molecule has 0 radical (unpaired) electrons. The third kappa shape index (κ3) is 3.60. The number of fused-ring (bicyclic) bond motifs is 2. The topological polar surface area (TPSA) is 71.5 Å². The average molecular weight is 460 g/mol. The number of nitrogens with zero attached hydrogens (tertiary/aromatic N) is 2. The second-order valence-electron chi connectivity index (χ2n) is 9.03. The smallest absolute Gasteiger partial charge is 0.274 e. The number of aromatic nitrogens is 1. The number of rotatable bonds is 5. The van der Waals surface area contributed by atoms with Crippen LogP contribution in [0.3, 0.4) is 0 Å². The lowest BCUT2D eigenvalue weighted by atomic mass is 10.0. The molecule has 2 aromatic carbocycles. The van der Waals surface area contributed by atoms with Crippen LogP contribution in [0, 0.1) is 12.8 Å². The van der Waals surface area contributed by atoms with E-state index in [9.17, 15) is 9.59 Å². The Morgan fingerprint density at radius 1 is 1.15 bits per heavy atom. The molecule has 1 saturated heterocycles. The lowest BCUT2D eigenvalue weighted by Crippen LogP contribution is -2.45. The van der Waals surface area contributed by atoms with E-state index >= 15 is 0 Å². The van der Waals surface area contributed by atoms with E-state index in [1.54, 1.807) is 11.3 Å². The van der Waals surface area contributed by atoms with E-state index in [1.807, 2.05) is 60.4 Å². The van der Waals surface area contributed by atoms with E-state index < -0.39 is 0 Å². The summed E-state index contributed by atoms with van der Waals surface area (Å²) in [5.74, 6) is 1.22. The Bertz CT molecular complexity index is 1240. The zero-order valence-corrected chi connectivity index (χ0v) is 19.2. The lowest BCUT2D eigenvalue weighted by Gasteiger charge is -2.27. The first-order chi connectivity index (χ1) is 16.1. The summed E-state index contributed by atoms with van der Waals surface area (Å²) < 4.78 is 5.60. The Labute approximate surface area is 196 Å². The molecule has 1 N–H and O–H groups in total. The van der Waals surface area contributed by atoms with Gasteiger partial charge in [0.2, 0.25) is 0 Å². The summed E-state index contributed by atoms with van der Waals surface area (Å²) in [5, 5.41) is 3.98. The molecule has 6 rings (SSSR count). The summed E-state index contributed by atoms with van der Waals surface area (Å²) in [7, 11) is 0. The fourth-order valence-electron chi connectivity index (χ4n) is 5.28. The van der Waals surface area contributed by atoms with Gasteiger partial charge in [-0.1, -0.05) is 36.4 Å². The molecule has 2 amide bonds. The van der Waals surface area contributed by atoms with Crippen LogP contribution in [-0.2, 0) is 6.42 Å². The van der Waals surface area contributed by atoms with Gasteiger partial charge in [0.1, 0.15) is 11.4 Å². The number of hydrogen-bond donors (Lipinski definition) is 1. The average Bonchev–Trinajstić information content (AvgIpc) is 3.19. The minimum absolute atomic E-state index is 0.0103. The summed E-state index contributed by atoms with van der Waals surface area (Å²) >= 11 is 1.56. The molecule has 168 valence electrons. The molecule has 0 bridgehead atoms. The molecule has 3 aromatic rings. The first-order valence-electron chi connectivity index (χ1n) is 11.5. The Kier molecular flexibility index (Phi) is 4.94. The standard InChI is InChI=1S/C26H25N3O3S/c1-15-28-23(24(33-15)16-6-3-2-4-7-16)26(31)29-18(12-17-13-21(17)29)14-27-25(30)20-8-5-9-22-19(20)10-11-32-22/h2-9,17-18,21H,10-14H2,1H3,(H,27,30)/t17-,18+,21+/m1/s1. The van der Waals surface area contributed by atoms with Gasteiger partial charge in [-0.25, -0.2) is 4.98 Å². The fraction of sp³-hybridized carbons (Fsp3) is 0.346. The van der Waals surface area contributed by atoms with Gasteiger partial charge in [-0.2, -0.15) is 0 Å². The van der Waals surface area contributed by atoms with Crippen molar-refractivity contribution >= 4 is 23.2 Å². The van der Waals surface area contributed by atoms with E-state index in [1.165, 1.54) is 0 Å². The molecule has 0 unspecified atom stereocenters. The van der Waals surface area contributed by atoms with Gasteiger partial charge >= 0.3 is 0 Å². The molecular weight excluding hydrogens is 434 g/mol. The zero-order chi connectivity index (χ0) is 22.5. The number of amides is 2. The van der Waals surface area contributed by atoms with Crippen molar-refractivity contribution in [1.82, 2.24) is 15.2 Å². The monoisotopic (exact) mass is 459 g/mol. The normalized spacial score (nSPS) is 22.5. The minimum atomic E-state index is -0.0974. The van der Waals surface area contributed by atoms with Crippen molar-refractivity contribution in [1.29, 1.82) is 0 Å². The van der Waals surface area contributed by atoms with Crippen molar-refractivity contribution in [2.45, 2.75) is 38.3 Å². The largest absolute Gasteiger partial charge is 0.493 e. The van der Waals surface area contributed by atoms with Crippen LogP contribution in [0.1, 0.15) is 44.3 Å². The SMILES string of the molecule is Cc1nc(C(=O)N2[C@H](CNC(=O)c3cccc4c3CCO4)C[C@@H]3C[C@@H]32)c(-c2ccccc2)s1. The third-order valence-electron chi connectivity index (χ3n) is 6.90. The van der Waals surface area contributed by atoms with Crippen LogP contribution in [-0.4, -0.2) is 46.9 Å². The van der Waals surface area contributed by atoms with Crippen LogP contribution >= 0.6 is 11.3 Å². The van der Waals surface area contributed by atoms with Gasteiger partial charge in [-0.05, 0) is 43.4 Å². The third-order valence-corrected chi connectivity index (χ3v) is 7.92. The van der Waals surface area contributed by atoms with Crippen molar-refractivity contribution in [2.75, 3.05) is 13.2 Å². The Balaban J connectivity index is 1.21. The van der Waals surface area contributed by atoms with Crippen LogP contribution in [0.15, 0.2) is 48.5 Å². The van der Waals surface area contributed by atoms with Crippen molar-refractivity contribution in [3.05, 3.63) is 70.4 Å². The number of piperidine rings is 1. The minimum Gasteiger partial charge on any atom is -0.493 e. The maximum Gasteiger partial charge on any atom is 0.274 e. The molecule has 3 atom stereocenters. The van der Waals surface area contributed by atoms with Crippen LogP contribution in [0.25, 0.3) is 10.4 Å². The molecule has 3 heterocycles. The number of thiazole rings is 1. The lowest BCUT2D eigenvalue weighted by molar-refractivity contribution is 0.0684. The molecule has 0 spiro atoms. The van der Waals surface area contributed by atoms with Crippen LogP contribution in [0.2, 0.25) is 0 Å².